The first kappa shape index (κ1) is 16.8. The maximum Gasteiger partial charge on any atom is 0.327 e. The molecule has 1 saturated carbocycles. The molecule has 2 rings (SSSR count). The number of carboxylic acids is 1. The summed E-state index contributed by atoms with van der Waals surface area (Å²) < 4.78 is 0. The van der Waals surface area contributed by atoms with Crippen molar-refractivity contribution in [1.29, 1.82) is 0 Å². The number of aryl methyl sites for hydroxylation is 1. The minimum atomic E-state index is -0.840. The molecule has 1 aromatic carbocycles. The van der Waals surface area contributed by atoms with Gasteiger partial charge in [0.1, 0.15) is 0 Å². The summed E-state index contributed by atoms with van der Waals surface area (Å²) >= 11 is 0. The third-order valence-corrected chi connectivity index (χ3v) is 5.05. The largest absolute Gasteiger partial charge is 0.478 e. The van der Waals surface area contributed by atoms with Crippen molar-refractivity contribution in [2.45, 2.75) is 58.3 Å². The van der Waals surface area contributed by atoms with E-state index in [1.807, 2.05) is 6.08 Å². The van der Waals surface area contributed by atoms with Crippen LogP contribution in [0.1, 0.15) is 63.0 Å². The molecule has 120 valence electrons. The first-order valence-corrected chi connectivity index (χ1v) is 8.60. The van der Waals surface area contributed by atoms with Gasteiger partial charge in [0, 0.05) is 6.08 Å². The van der Waals surface area contributed by atoms with Crippen molar-refractivity contribution >= 4 is 5.97 Å². The van der Waals surface area contributed by atoms with Gasteiger partial charge in [-0.15, -0.1) is 0 Å². The van der Waals surface area contributed by atoms with Crippen molar-refractivity contribution in [2.75, 3.05) is 0 Å². The highest BCUT2D eigenvalue weighted by Crippen LogP contribution is 2.39. The Morgan fingerprint density at radius 1 is 1.23 bits per heavy atom. The molecule has 0 radical (unpaired) electrons. The van der Waals surface area contributed by atoms with Crippen molar-refractivity contribution in [3.63, 3.8) is 0 Å². The zero-order valence-corrected chi connectivity index (χ0v) is 13.8. The van der Waals surface area contributed by atoms with Crippen LogP contribution < -0.4 is 0 Å². The number of aliphatic carboxylic acids is 1. The van der Waals surface area contributed by atoms with Gasteiger partial charge in [0.15, 0.2) is 0 Å². The summed E-state index contributed by atoms with van der Waals surface area (Å²) in [5.74, 6) is 0.838. The maximum absolute atomic E-state index is 10.6. The lowest BCUT2D eigenvalue weighted by molar-refractivity contribution is -0.131. The van der Waals surface area contributed by atoms with E-state index in [9.17, 15) is 4.79 Å². The molecular formula is C20H28O2. The summed E-state index contributed by atoms with van der Waals surface area (Å²) in [5.41, 5.74) is 2.92. The molecule has 0 saturated heterocycles. The van der Waals surface area contributed by atoms with E-state index in [4.69, 9.17) is 5.11 Å². The molecule has 22 heavy (non-hydrogen) atoms. The first-order valence-electron chi connectivity index (χ1n) is 8.60. The average Bonchev–Trinajstić information content (AvgIpc) is 2.54. The van der Waals surface area contributed by atoms with Gasteiger partial charge in [-0.05, 0) is 61.0 Å². The molecule has 1 unspecified atom stereocenters. The number of allylic oxidation sites excluding steroid dienone is 1. The van der Waals surface area contributed by atoms with Gasteiger partial charge in [0.05, 0.1) is 0 Å². The lowest BCUT2D eigenvalue weighted by Gasteiger charge is -2.31. The summed E-state index contributed by atoms with van der Waals surface area (Å²) in [6, 6.07) is 9.18. The highest BCUT2D eigenvalue weighted by atomic mass is 16.4. The van der Waals surface area contributed by atoms with E-state index >= 15 is 0 Å². The monoisotopic (exact) mass is 300 g/mol. The molecule has 1 aliphatic carbocycles. The third-order valence-electron chi connectivity index (χ3n) is 5.05. The second-order valence-electron chi connectivity index (χ2n) is 6.66. The predicted octanol–water partition coefficient (Wildman–Crippen LogP) is 5.19. The van der Waals surface area contributed by atoms with Crippen LogP contribution in [0.5, 0.6) is 0 Å². The van der Waals surface area contributed by atoms with Crippen molar-refractivity contribution < 1.29 is 9.90 Å². The Kier molecular flexibility index (Phi) is 6.23. The van der Waals surface area contributed by atoms with E-state index in [1.54, 1.807) is 0 Å². The van der Waals surface area contributed by atoms with E-state index < -0.39 is 5.97 Å². The minimum Gasteiger partial charge on any atom is -0.478 e. The molecular weight excluding hydrogens is 272 g/mol. The van der Waals surface area contributed by atoms with Crippen LogP contribution in [-0.4, -0.2) is 11.1 Å². The zero-order valence-electron chi connectivity index (χ0n) is 13.8. The molecule has 0 bridgehead atoms. The Hall–Kier alpha value is -1.57. The van der Waals surface area contributed by atoms with Crippen LogP contribution in [0, 0.1) is 11.8 Å². The maximum atomic E-state index is 10.6. The quantitative estimate of drug-likeness (QED) is 0.734. The second kappa shape index (κ2) is 8.17. The number of benzene rings is 1. The van der Waals surface area contributed by atoms with Crippen LogP contribution in [0.15, 0.2) is 36.4 Å². The van der Waals surface area contributed by atoms with Gasteiger partial charge in [0.2, 0.25) is 0 Å². The molecule has 0 heterocycles. The number of carbonyl (C=O) groups is 1. The Morgan fingerprint density at radius 3 is 2.41 bits per heavy atom. The number of hydrogen-bond donors (Lipinski definition) is 1. The fourth-order valence-corrected chi connectivity index (χ4v) is 3.61. The normalized spacial score (nSPS) is 23.5. The minimum absolute atomic E-state index is 0.365. The molecule has 0 spiro atoms. The molecule has 2 nitrogen and oxygen atoms in total. The molecule has 1 aromatic rings. The van der Waals surface area contributed by atoms with Gasteiger partial charge < -0.3 is 5.11 Å². The fourth-order valence-electron chi connectivity index (χ4n) is 3.61. The smallest absolute Gasteiger partial charge is 0.327 e. The SMILES string of the molecule is CCCc1ccc(C2CCC(C(C)/C=C/C(=O)O)CC2)cc1. The van der Waals surface area contributed by atoms with E-state index in [2.05, 4.69) is 38.1 Å². The van der Waals surface area contributed by atoms with Gasteiger partial charge >= 0.3 is 5.97 Å². The summed E-state index contributed by atoms with van der Waals surface area (Å²) in [5, 5.41) is 8.73. The van der Waals surface area contributed by atoms with Crippen LogP contribution >= 0.6 is 0 Å². The highest BCUT2D eigenvalue weighted by Gasteiger charge is 2.25. The second-order valence-corrected chi connectivity index (χ2v) is 6.66. The summed E-state index contributed by atoms with van der Waals surface area (Å²) in [6.45, 7) is 4.36. The lowest BCUT2D eigenvalue weighted by Crippen LogP contribution is -2.18. The third kappa shape index (κ3) is 4.72. The molecule has 0 aromatic heterocycles. The summed E-state index contributed by atoms with van der Waals surface area (Å²) in [7, 11) is 0. The summed E-state index contributed by atoms with van der Waals surface area (Å²) in [4.78, 5) is 10.6. The van der Waals surface area contributed by atoms with Crippen LogP contribution in [-0.2, 0) is 11.2 Å². The molecule has 1 atom stereocenters. The Balaban J connectivity index is 1.87. The van der Waals surface area contributed by atoms with Crippen molar-refractivity contribution in [1.82, 2.24) is 0 Å². The van der Waals surface area contributed by atoms with E-state index in [1.165, 1.54) is 55.7 Å². The Labute approximate surface area is 134 Å². The van der Waals surface area contributed by atoms with Gasteiger partial charge in [-0.1, -0.05) is 50.6 Å². The summed E-state index contributed by atoms with van der Waals surface area (Å²) in [6.07, 6.45) is 10.4. The van der Waals surface area contributed by atoms with Crippen molar-refractivity contribution in [2.24, 2.45) is 11.8 Å². The van der Waals surface area contributed by atoms with Crippen molar-refractivity contribution in [3.05, 3.63) is 47.5 Å². The van der Waals surface area contributed by atoms with Gasteiger partial charge in [0.25, 0.3) is 0 Å². The standard InChI is InChI=1S/C20H28O2/c1-3-4-16-6-8-18(9-7-16)19-12-10-17(11-13-19)15(2)5-14-20(21)22/h5-9,14-15,17,19H,3-4,10-13H2,1-2H3,(H,21,22)/b14-5+. The Bertz CT molecular complexity index is 493. The van der Waals surface area contributed by atoms with Crippen LogP contribution in [0.4, 0.5) is 0 Å². The van der Waals surface area contributed by atoms with Gasteiger partial charge in [-0.3, -0.25) is 0 Å². The van der Waals surface area contributed by atoms with E-state index in [0.717, 1.165) is 0 Å². The van der Waals surface area contributed by atoms with Crippen LogP contribution in [0.2, 0.25) is 0 Å². The van der Waals surface area contributed by atoms with Crippen LogP contribution in [0.25, 0.3) is 0 Å². The zero-order chi connectivity index (χ0) is 15.9. The Morgan fingerprint density at radius 2 is 1.86 bits per heavy atom. The van der Waals surface area contributed by atoms with Gasteiger partial charge in [-0.2, -0.15) is 0 Å². The molecule has 1 aliphatic rings. The first-order chi connectivity index (χ1) is 10.6. The van der Waals surface area contributed by atoms with Crippen LogP contribution in [0.3, 0.4) is 0 Å². The topological polar surface area (TPSA) is 37.3 Å². The molecule has 0 amide bonds. The number of hydrogen-bond acceptors (Lipinski definition) is 1. The van der Waals surface area contributed by atoms with E-state index in [0.29, 0.717) is 17.8 Å². The predicted molar refractivity (Wildman–Crippen MR) is 91.1 cm³/mol. The van der Waals surface area contributed by atoms with Crippen molar-refractivity contribution in [3.8, 4) is 0 Å². The van der Waals surface area contributed by atoms with Gasteiger partial charge in [-0.25, -0.2) is 4.79 Å². The average molecular weight is 300 g/mol. The van der Waals surface area contributed by atoms with E-state index in [-0.39, 0.29) is 0 Å². The number of carboxylic acid groups (broad SMARTS) is 1. The highest BCUT2D eigenvalue weighted by molar-refractivity contribution is 5.79. The molecule has 2 heteroatoms. The lowest BCUT2D eigenvalue weighted by atomic mass is 9.74. The fraction of sp³-hybridized carbons (Fsp3) is 0.550. The number of rotatable bonds is 6. The molecule has 1 fully saturated rings. The molecule has 1 N–H and O–H groups in total. The molecule has 0 aliphatic heterocycles.